The van der Waals surface area contributed by atoms with Crippen molar-refractivity contribution >= 4 is 23.8 Å². The van der Waals surface area contributed by atoms with Gasteiger partial charge in [0.15, 0.2) is 5.54 Å². The van der Waals surface area contributed by atoms with Gasteiger partial charge in [-0.2, -0.15) is 0 Å². The summed E-state index contributed by atoms with van der Waals surface area (Å²) in [5, 5.41) is 29.2. The monoisotopic (exact) mass is 616 g/mol. The van der Waals surface area contributed by atoms with Crippen LogP contribution in [0.2, 0.25) is 0 Å². The molecule has 0 saturated heterocycles. The van der Waals surface area contributed by atoms with Gasteiger partial charge in [-0.15, -0.1) is 0 Å². The number of primary amides is 1. The van der Waals surface area contributed by atoms with Crippen LogP contribution in [0, 0.1) is 5.92 Å². The molecule has 0 saturated carbocycles. The highest BCUT2D eigenvalue weighted by Gasteiger charge is 2.47. The Balaban J connectivity index is 1.90. The van der Waals surface area contributed by atoms with Crippen LogP contribution in [0.25, 0.3) is 0 Å². The van der Waals surface area contributed by atoms with Crippen LogP contribution < -0.4 is 21.7 Å². The third-order valence-electron chi connectivity index (χ3n) is 7.69. The number of rotatable bonds is 17. The summed E-state index contributed by atoms with van der Waals surface area (Å²) in [6.45, 7) is 3.74. The number of carbonyl (C=O) groups excluding carboxylic acids is 3. The summed E-state index contributed by atoms with van der Waals surface area (Å²) < 4.78 is 0. The molecule has 0 aliphatic heterocycles. The molecule has 0 aliphatic rings. The molecule has 0 radical (unpaired) electrons. The molecule has 4 atom stereocenters. The fraction of sp³-hybridized carbons (Fsp3) is 0.371. The number of benzene rings is 3. The molecule has 45 heavy (non-hydrogen) atoms. The van der Waals surface area contributed by atoms with Gasteiger partial charge in [-0.25, -0.2) is 4.79 Å². The van der Waals surface area contributed by atoms with Crippen molar-refractivity contribution in [3.8, 4) is 0 Å². The molecule has 0 fully saturated rings. The zero-order valence-corrected chi connectivity index (χ0v) is 25.8. The van der Waals surface area contributed by atoms with Crippen LogP contribution in [0.5, 0.6) is 0 Å². The SMILES string of the molecule is CC(C)C[C@H](NC(=O)[C@@](Cc1ccccc1)(NC(=O)O)[C@H](O)CCCc1ccccc1)C(=O)N[C@@H](Cc1ccccc1)C(N)=O. The number of aliphatic hydroxyl groups excluding tert-OH is 1. The van der Waals surface area contributed by atoms with E-state index in [1.54, 1.807) is 30.3 Å². The Hall–Kier alpha value is -4.70. The summed E-state index contributed by atoms with van der Waals surface area (Å²) in [5.41, 5.74) is 6.05. The first kappa shape index (κ1) is 34.8. The quantitative estimate of drug-likeness (QED) is 0.136. The third kappa shape index (κ3) is 10.8. The standard InChI is InChI=1S/C35H44N4O6/c1-24(2)21-29(32(42)37-28(31(36)41)22-26-15-8-4-9-16-26)38-33(43)35(39-34(44)45,23-27-17-10-5-11-18-27)30(40)20-12-19-25-13-6-3-7-14-25/h3-11,13-18,24,28-30,39-40H,12,19-23H2,1-2H3,(H2,36,41)(H,37,42)(H,38,43)(H,44,45)/t28-,29-,30+,35-/m0/s1. The van der Waals surface area contributed by atoms with Crippen LogP contribution in [0.3, 0.4) is 0 Å². The summed E-state index contributed by atoms with van der Waals surface area (Å²) in [7, 11) is 0. The first-order valence-electron chi connectivity index (χ1n) is 15.2. The predicted octanol–water partition coefficient (Wildman–Crippen LogP) is 3.36. The van der Waals surface area contributed by atoms with Crippen LogP contribution in [-0.2, 0) is 33.6 Å². The van der Waals surface area contributed by atoms with E-state index in [0.717, 1.165) is 11.1 Å². The molecule has 240 valence electrons. The molecule has 0 heterocycles. The molecule has 10 nitrogen and oxygen atoms in total. The summed E-state index contributed by atoms with van der Waals surface area (Å²) >= 11 is 0. The van der Waals surface area contributed by atoms with Crippen molar-refractivity contribution in [2.75, 3.05) is 0 Å². The summed E-state index contributed by atoms with van der Waals surface area (Å²) in [6.07, 6.45) is -1.55. The summed E-state index contributed by atoms with van der Waals surface area (Å²) in [5.74, 6) is -2.28. The molecule has 0 unspecified atom stereocenters. The molecule has 3 aromatic carbocycles. The normalized spacial score (nSPS) is 14.4. The second kappa shape index (κ2) is 17.0. The highest BCUT2D eigenvalue weighted by Crippen LogP contribution is 2.24. The lowest BCUT2D eigenvalue weighted by atomic mass is 9.81. The van der Waals surface area contributed by atoms with Gasteiger partial charge in [0.2, 0.25) is 17.7 Å². The lowest BCUT2D eigenvalue weighted by molar-refractivity contribution is -0.137. The van der Waals surface area contributed by atoms with E-state index in [-0.39, 0.29) is 31.6 Å². The number of amides is 4. The van der Waals surface area contributed by atoms with Crippen molar-refractivity contribution in [3.05, 3.63) is 108 Å². The number of hydrogen-bond donors (Lipinski definition) is 6. The fourth-order valence-corrected chi connectivity index (χ4v) is 5.37. The lowest BCUT2D eigenvalue weighted by Crippen LogP contribution is -2.68. The van der Waals surface area contributed by atoms with Crippen LogP contribution in [0.15, 0.2) is 91.0 Å². The van der Waals surface area contributed by atoms with E-state index in [2.05, 4.69) is 16.0 Å². The second-order valence-electron chi connectivity index (χ2n) is 11.8. The van der Waals surface area contributed by atoms with Gasteiger partial charge in [0.25, 0.3) is 0 Å². The van der Waals surface area contributed by atoms with E-state index in [9.17, 15) is 29.4 Å². The lowest BCUT2D eigenvalue weighted by Gasteiger charge is -2.38. The second-order valence-corrected chi connectivity index (χ2v) is 11.8. The Morgan fingerprint density at radius 1 is 0.778 bits per heavy atom. The fourth-order valence-electron chi connectivity index (χ4n) is 5.37. The average molecular weight is 617 g/mol. The van der Waals surface area contributed by atoms with Gasteiger partial charge in [0.1, 0.15) is 12.1 Å². The Bertz CT molecular complexity index is 1390. The van der Waals surface area contributed by atoms with Gasteiger partial charge in [-0.3, -0.25) is 14.4 Å². The van der Waals surface area contributed by atoms with Gasteiger partial charge < -0.3 is 31.9 Å². The van der Waals surface area contributed by atoms with Crippen LogP contribution in [-0.4, -0.2) is 57.8 Å². The van der Waals surface area contributed by atoms with Crippen molar-refractivity contribution in [2.45, 2.75) is 76.1 Å². The Labute approximate surface area is 264 Å². The molecule has 0 aromatic heterocycles. The Morgan fingerprint density at radius 2 is 1.31 bits per heavy atom. The minimum Gasteiger partial charge on any atom is -0.465 e. The Morgan fingerprint density at radius 3 is 1.82 bits per heavy atom. The topological polar surface area (TPSA) is 171 Å². The van der Waals surface area contributed by atoms with Gasteiger partial charge in [-0.1, -0.05) is 105 Å². The van der Waals surface area contributed by atoms with Crippen molar-refractivity contribution in [2.24, 2.45) is 11.7 Å². The maximum Gasteiger partial charge on any atom is 0.405 e. The largest absolute Gasteiger partial charge is 0.465 e. The van der Waals surface area contributed by atoms with Gasteiger partial charge in [-0.05, 0) is 48.3 Å². The number of nitrogens with one attached hydrogen (secondary N) is 3. The molecule has 3 aromatic rings. The van der Waals surface area contributed by atoms with E-state index in [4.69, 9.17) is 5.73 Å². The number of aliphatic hydroxyl groups is 1. The maximum absolute atomic E-state index is 14.2. The van der Waals surface area contributed by atoms with Crippen molar-refractivity contribution in [3.63, 3.8) is 0 Å². The zero-order valence-electron chi connectivity index (χ0n) is 25.8. The number of hydrogen-bond acceptors (Lipinski definition) is 5. The van der Waals surface area contributed by atoms with Gasteiger partial charge in [0, 0.05) is 12.8 Å². The number of nitrogens with two attached hydrogens (primary N) is 1. The van der Waals surface area contributed by atoms with Gasteiger partial charge >= 0.3 is 6.09 Å². The zero-order chi connectivity index (χ0) is 32.8. The van der Waals surface area contributed by atoms with E-state index in [0.29, 0.717) is 18.4 Å². The van der Waals surface area contributed by atoms with E-state index >= 15 is 0 Å². The van der Waals surface area contributed by atoms with Crippen molar-refractivity contribution in [1.29, 1.82) is 0 Å². The van der Waals surface area contributed by atoms with Gasteiger partial charge in [0.05, 0.1) is 6.10 Å². The molecule has 3 rings (SSSR count). The highest BCUT2D eigenvalue weighted by molar-refractivity contribution is 5.96. The molecular formula is C35H44N4O6. The molecule has 7 N–H and O–H groups in total. The minimum atomic E-state index is -2.02. The number of carbonyl (C=O) groups is 4. The molecule has 0 bridgehead atoms. The molecule has 10 heteroatoms. The van der Waals surface area contributed by atoms with Crippen LogP contribution in [0.1, 0.15) is 49.8 Å². The smallest absolute Gasteiger partial charge is 0.405 e. The van der Waals surface area contributed by atoms with Crippen LogP contribution in [0.4, 0.5) is 4.79 Å². The Kier molecular flexibility index (Phi) is 13.1. The first-order chi connectivity index (χ1) is 21.5. The van der Waals surface area contributed by atoms with E-state index < -0.39 is 47.5 Å². The van der Waals surface area contributed by atoms with Crippen molar-refractivity contribution in [1.82, 2.24) is 16.0 Å². The first-order valence-corrected chi connectivity index (χ1v) is 15.2. The maximum atomic E-state index is 14.2. The average Bonchev–Trinajstić information content (AvgIpc) is 3.01. The van der Waals surface area contributed by atoms with E-state index in [1.165, 1.54) is 0 Å². The molecule has 0 spiro atoms. The van der Waals surface area contributed by atoms with Crippen molar-refractivity contribution < 1.29 is 29.4 Å². The van der Waals surface area contributed by atoms with E-state index in [1.807, 2.05) is 74.5 Å². The highest BCUT2D eigenvalue weighted by atomic mass is 16.4. The minimum absolute atomic E-state index is 0.0612. The third-order valence-corrected chi connectivity index (χ3v) is 7.69. The number of aryl methyl sites for hydroxylation is 1. The molecule has 0 aliphatic carbocycles. The summed E-state index contributed by atoms with van der Waals surface area (Å²) in [6, 6.07) is 25.3. The number of carboxylic acid groups (broad SMARTS) is 1. The van der Waals surface area contributed by atoms with Crippen LogP contribution >= 0.6 is 0 Å². The molecular weight excluding hydrogens is 572 g/mol. The summed E-state index contributed by atoms with van der Waals surface area (Å²) in [4.78, 5) is 52.3. The molecule has 4 amide bonds. The predicted molar refractivity (Wildman–Crippen MR) is 172 cm³/mol.